The molecule has 0 saturated heterocycles. The van der Waals surface area contributed by atoms with Crippen molar-refractivity contribution in [1.29, 1.82) is 0 Å². The SMILES string of the molecule is CCN(CC)c1ccc(/C=N/N2CCc3ccccc32)cc1. The van der Waals surface area contributed by atoms with E-state index in [1.807, 2.05) is 6.21 Å². The molecule has 0 atom stereocenters. The largest absolute Gasteiger partial charge is 0.372 e. The van der Waals surface area contributed by atoms with Crippen LogP contribution in [-0.4, -0.2) is 25.8 Å². The van der Waals surface area contributed by atoms with Gasteiger partial charge in [0.25, 0.3) is 0 Å². The molecule has 0 N–H and O–H groups in total. The summed E-state index contributed by atoms with van der Waals surface area (Å²) in [7, 11) is 0. The molecule has 3 rings (SSSR count). The molecule has 1 aliphatic rings. The zero-order valence-corrected chi connectivity index (χ0v) is 13.4. The maximum atomic E-state index is 4.64. The van der Waals surface area contributed by atoms with Crippen LogP contribution in [0.5, 0.6) is 0 Å². The van der Waals surface area contributed by atoms with Gasteiger partial charge < -0.3 is 4.90 Å². The van der Waals surface area contributed by atoms with Gasteiger partial charge in [-0.1, -0.05) is 30.3 Å². The van der Waals surface area contributed by atoms with Gasteiger partial charge in [-0.3, -0.25) is 5.01 Å². The van der Waals surface area contributed by atoms with Crippen molar-refractivity contribution in [1.82, 2.24) is 0 Å². The average molecular weight is 293 g/mol. The van der Waals surface area contributed by atoms with Gasteiger partial charge in [0.05, 0.1) is 11.9 Å². The summed E-state index contributed by atoms with van der Waals surface area (Å²) in [5, 5.41) is 6.74. The van der Waals surface area contributed by atoms with E-state index in [-0.39, 0.29) is 0 Å². The van der Waals surface area contributed by atoms with Crippen LogP contribution in [0.15, 0.2) is 53.6 Å². The molecule has 3 nitrogen and oxygen atoms in total. The predicted molar refractivity (Wildman–Crippen MR) is 95.1 cm³/mol. The number of para-hydroxylation sites is 1. The second-order valence-corrected chi connectivity index (χ2v) is 5.51. The van der Waals surface area contributed by atoms with E-state index in [4.69, 9.17) is 0 Å². The summed E-state index contributed by atoms with van der Waals surface area (Å²) in [6.45, 7) is 7.41. The Bertz CT molecular complexity index is 642. The molecule has 114 valence electrons. The second-order valence-electron chi connectivity index (χ2n) is 5.51. The summed E-state index contributed by atoms with van der Waals surface area (Å²) in [6, 6.07) is 17.1. The van der Waals surface area contributed by atoms with Crippen molar-refractivity contribution in [3.63, 3.8) is 0 Å². The number of hydrazone groups is 1. The molecule has 2 aromatic carbocycles. The van der Waals surface area contributed by atoms with Crippen LogP contribution in [0.25, 0.3) is 0 Å². The summed E-state index contributed by atoms with van der Waals surface area (Å²) in [5.41, 5.74) is 5.03. The first-order chi connectivity index (χ1) is 10.8. The predicted octanol–water partition coefficient (Wildman–Crippen LogP) is 3.93. The van der Waals surface area contributed by atoms with Gasteiger partial charge >= 0.3 is 0 Å². The number of hydrogen-bond acceptors (Lipinski definition) is 3. The minimum absolute atomic E-state index is 0.966. The lowest BCUT2D eigenvalue weighted by Crippen LogP contribution is -2.21. The Labute approximate surface area is 132 Å². The zero-order valence-electron chi connectivity index (χ0n) is 13.4. The molecule has 0 aromatic heterocycles. The van der Waals surface area contributed by atoms with Gasteiger partial charge in [0, 0.05) is 25.3 Å². The van der Waals surface area contributed by atoms with Gasteiger partial charge in [-0.05, 0) is 49.6 Å². The fourth-order valence-corrected chi connectivity index (χ4v) is 2.94. The number of hydrogen-bond donors (Lipinski definition) is 0. The van der Waals surface area contributed by atoms with Crippen molar-refractivity contribution in [2.45, 2.75) is 20.3 Å². The Balaban J connectivity index is 1.71. The van der Waals surface area contributed by atoms with Crippen molar-refractivity contribution in [3.8, 4) is 0 Å². The number of fused-ring (bicyclic) bond motifs is 1. The number of anilines is 2. The molecule has 2 aromatic rings. The van der Waals surface area contributed by atoms with Crippen LogP contribution in [0.1, 0.15) is 25.0 Å². The molecule has 3 heteroatoms. The van der Waals surface area contributed by atoms with E-state index in [1.54, 1.807) is 0 Å². The molecule has 0 bridgehead atoms. The van der Waals surface area contributed by atoms with Crippen molar-refractivity contribution >= 4 is 17.6 Å². The first-order valence-corrected chi connectivity index (χ1v) is 8.06. The summed E-state index contributed by atoms with van der Waals surface area (Å²) in [6.07, 6.45) is 3.03. The van der Waals surface area contributed by atoms with E-state index < -0.39 is 0 Å². The Morgan fingerprint density at radius 3 is 2.50 bits per heavy atom. The molecule has 0 spiro atoms. The Kier molecular flexibility index (Phi) is 4.42. The fourth-order valence-electron chi connectivity index (χ4n) is 2.94. The van der Waals surface area contributed by atoms with Crippen molar-refractivity contribution in [2.75, 3.05) is 29.5 Å². The second kappa shape index (κ2) is 6.65. The molecule has 0 radical (unpaired) electrons. The first kappa shape index (κ1) is 14.6. The standard InChI is InChI=1S/C19H23N3/c1-3-21(4-2)18-11-9-16(10-12-18)15-20-22-14-13-17-7-5-6-8-19(17)22/h5-12,15H,3-4,13-14H2,1-2H3/b20-15+. The van der Waals surface area contributed by atoms with Crippen LogP contribution < -0.4 is 9.91 Å². The summed E-state index contributed by atoms with van der Waals surface area (Å²) < 4.78 is 0. The lowest BCUT2D eigenvalue weighted by Gasteiger charge is -2.20. The van der Waals surface area contributed by atoms with Gasteiger partial charge in [0.2, 0.25) is 0 Å². The summed E-state index contributed by atoms with van der Waals surface area (Å²) in [4.78, 5) is 2.34. The first-order valence-electron chi connectivity index (χ1n) is 8.06. The van der Waals surface area contributed by atoms with Crippen LogP contribution >= 0.6 is 0 Å². The van der Waals surface area contributed by atoms with Gasteiger partial charge in [-0.25, -0.2) is 0 Å². The summed E-state index contributed by atoms with van der Waals surface area (Å²) >= 11 is 0. The summed E-state index contributed by atoms with van der Waals surface area (Å²) in [5.74, 6) is 0. The van der Waals surface area contributed by atoms with E-state index in [2.05, 4.69) is 77.4 Å². The molecule has 0 fully saturated rings. The van der Waals surface area contributed by atoms with E-state index in [9.17, 15) is 0 Å². The molecular formula is C19H23N3. The van der Waals surface area contributed by atoms with Crippen LogP contribution in [0.4, 0.5) is 11.4 Å². The number of nitrogens with zero attached hydrogens (tertiary/aromatic N) is 3. The maximum absolute atomic E-state index is 4.64. The van der Waals surface area contributed by atoms with E-state index in [0.29, 0.717) is 0 Å². The van der Waals surface area contributed by atoms with E-state index in [0.717, 1.165) is 31.6 Å². The highest BCUT2D eigenvalue weighted by Crippen LogP contribution is 2.27. The monoisotopic (exact) mass is 293 g/mol. The van der Waals surface area contributed by atoms with Crippen molar-refractivity contribution < 1.29 is 0 Å². The third-order valence-electron chi connectivity index (χ3n) is 4.23. The maximum Gasteiger partial charge on any atom is 0.0626 e. The number of rotatable bonds is 5. The lowest BCUT2D eigenvalue weighted by molar-refractivity contribution is 0.866. The third kappa shape index (κ3) is 2.98. The minimum atomic E-state index is 0.966. The molecule has 1 heterocycles. The van der Waals surface area contributed by atoms with Gasteiger partial charge in [-0.2, -0.15) is 5.10 Å². The number of benzene rings is 2. The van der Waals surface area contributed by atoms with E-state index >= 15 is 0 Å². The van der Waals surface area contributed by atoms with Crippen LogP contribution in [0.2, 0.25) is 0 Å². The highest BCUT2D eigenvalue weighted by Gasteiger charge is 2.16. The smallest absolute Gasteiger partial charge is 0.0626 e. The van der Waals surface area contributed by atoms with Gasteiger partial charge in [0.15, 0.2) is 0 Å². The van der Waals surface area contributed by atoms with Crippen LogP contribution in [0.3, 0.4) is 0 Å². The molecule has 0 unspecified atom stereocenters. The highest BCUT2D eigenvalue weighted by atomic mass is 15.5. The quantitative estimate of drug-likeness (QED) is 0.778. The van der Waals surface area contributed by atoms with Crippen molar-refractivity contribution in [2.24, 2.45) is 5.10 Å². The third-order valence-corrected chi connectivity index (χ3v) is 4.23. The van der Waals surface area contributed by atoms with Gasteiger partial charge in [-0.15, -0.1) is 0 Å². The fraction of sp³-hybridized carbons (Fsp3) is 0.316. The molecule has 0 amide bonds. The average Bonchev–Trinajstić information content (AvgIpc) is 2.98. The van der Waals surface area contributed by atoms with Crippen molar-refractivity contribution in [3.05, 3.63) is 59.7 Å². The molecule has 0 saturated carbocycles. The van der Waals surface area contributed by atoms with Gasteiger partial charge in [0.1, 0.15) is 0 Å². The minimum Gasteiger partial charge on any atom is -0.372 e. The highest BCUT2D eigenvalue weighted by molar-refractivity contribution is 5.81. The molecule has 0 aliphatic carbocycles. The molecule has 1 aliphatic heterocycles. The Hall–Kier alpha value is -2.29. The Morgan fingerprint density at radius 1 is 1.05 bits per heavy atom. The molecule has 22 heavy (non-hydrogen) atoms. The lowest BCUT2D eigenvalue weighted by atomic mass is 10.2. The Morgan fingerprint density at radius 2 is 1.77 bits per heavy atom. The zero-order chi connectivity index (χ0) is 15.4. The molecular weight excluding hydrogens is 270 g/mol. The van der Waals surface area contributed by atoms with E-state index in [1.165, 1.54) is 16.9 Å². The van der Waals surface area contributed by atoms with Crippen LogP contribution in [-0.2, 0) is 6.42 Å². The normalized spacial score (nSPS) is 13.6. The van der Waals surface area contributed by atoms with Crippen LogP contribution in [0, 0.1) is 0 Å². The topological polar surface area (TPSA) is 18.8 Å².